The summed E-state index contributed by atoms with van der Waals surface area (Å²) in [6, 6.07) is 8.56. The van der Waals surface area contributed by atoms with Gasteiger partial charge in [-0.3, -0.25) is 4.99 Å². The summed E-state index contributed by atoms with van der Waals surface area (Å²) in [4.78, 5) is 13.9. The van der Waals surface area contributed by atoms with Crippen LogP contribution in [0.15, 0.2) is 35.5 Å². The Bertz CT molecular complexity index is 677. The standard InChI is InChI=1S/C18H25N5S.HI/c1-14-5-7-16(24-14)13-22-18(19-2)21-12-15-6-8-17(20-11-15)23-9-3-4-10-23;/h5-8,11H,3-4,9-10,12-13H2,1-2H3,(H2,19,21,22);1H. The molecule has 2 aromatic heterocycles. The van der Waals surface area contributed by atoms with Crippen LogP contribution in [0.3, 0.4) is 0 Å². The van der Waals surface area contributed by atoms with Crippen molar-refractivity contribution in [2.45, 2.75) is 32.9 Å². The molecule has 0 aromatic carbocycles. The number of hydrogen-bond donors (Lipinski definition) is 2. The molecule has 7 heteroatoms. The third-order valence-corrected chi connectivity index (χ3v) is 5.15. The van der Waals surface area contributed by atoms with Gasteiger partial charge in [0.1, 0.15) is 5.82 Å². The van der Waals surface area contributed by atoms with Crippen LogP contribution in [-0.4, -0.2) is 31.1 Å². The number of rotatable bonds is 5. The van der Waals surface area contributed by atoms with E-state index in [2.05, 4.69) is 56.7 Å². The maximum Gasteiger partial charge on any atom is 0.191 e. The number of guanidine groups is 1. The lowest BCUT2D eigenvalue weighted by atomic mass is 10.3. The Hall–Kier alpha value is -1.35. The Labute approximate surface area is 171 Å². The topological polar surface area (TPSA) is 52.6 Å². The van der Waals surface area contributed by atoms with Crippen molar-refractivity contribution in [3.05, 3.63) is 45.8 Å². The molecule has 0 unspecified atom stereocenters. The smallest absolute Gasteiger partial charge is 0.191 e. The first-order valence-electron chi connectivity index (χ1n) is 8.44. The summed E-state index contributed by atoms with van der Waals surface area (Å²) < 4.78 is 0. The summed E-state index contributed by atoms with van der Waals surface area (Å²) in [5.74, 6) is 1.90. The zero-order chi connectivity index (χ0) is 16.8. The summed E-state index contributed by atoms with van der Waals surface area (Å²) in [5, 5.41) is 6.69. The van der Waals surface area contributed by atoms with Gasteiger partial charge in [0.05, 0.1) is 6.54 Å². The van der Waals surface area contributed by atoms with Crippen molar-refractivity contribution >= 4 is 47.1 Å². The van der Waals surface area contributed by atoms with Crippen LogP contribution in [0.4, 0.5) is 5.82 Å². The van der Waals surface area contributed by atoms with Gasteiger partial charge in [0.25, 0.3) is 0 Å². The SMILES string of the molecule is CN=C(NCc1ccc(N2CCCC2)nc1)NCc1ccc(C)s1.I. The lowest BCUT2D eigenvalue weighted by Crippen LogP contribution is -2.36. The number of hydrogen-bond acceptors (Lipinski definition) is 4. The predicted molar refractivity (Wildman–Crippen MR) is 117 cm³/mol. The molecule has 1 saturated heterocycles. The minimum absolute atomic E-state index is 0. The Morgan fingerprint density at radius 2 is 1.92 bits per heavy atom. The van der Waals surface area contributed by atoms with E-state index in [-0.39, 0.29) is 24.0 Å². The number of thiophene rings is 1. The van der Waals surface area contributed by atoms with Gasteiger partial charge in [-0.25, -0.2) is 4.98 Å². The summed E-state index contributed by atoms with van der Waals surface area (Å²) in [6.07, 6.45) is 4.50. The molecule has 25 heavy (non-hydrogen) atoms. The Balaban J connectivity index is 0.00000225. The van der Waals surface area contributed by atoms with Gasteiger partial charge in [0, 0.05) is 42.6 Å². The Morgan fingerprint density at radius 1 is 1.16 bits per heavy atom. The van der Waals surface area contributed by atoms with Crippen LogP contribution in [0.1, 0.15) is 28.2 Å². The average Bonchev–Trinajstić information content (AvgIpc) is 3.27. The molecule has 2 N–H and O–H groups in total. The van der Waals surface area contributed by atoms with E-state index in [1.54, 1.807) is 7.05 Å². The first kappa shape index (κ1) is 20.0. The van der Waals surface area contributed by atoms with Crippen molar-refractivity contribution in [1.82, 2.24) is 15.6 Å². The molecular formula is C18H26IN5S. The minimum atomic E-state index is 0. The molecule has 5 nitrogen and oxygen atoms in total. The van der Waals surface area contributed by atoms with Crippen molar-refractivity contribution in [2.24, 2.45) is 4.99 Å². The summed E-state index contributed by atoms with van der Waals surface area (Å²) in [5.41, 5.74) is 1.16. The van der Waals surface area contributed by atoms with Crippen LogP contribution >= 0.6 is 35.3 Å². The highest BCUT2D eigenvalue weighted by molar-refractivity contribution is 14.0. The van der Waals surface area contributed by atoms with Gasteiger partial charge in [0.15, 0.2) is 5.96 Å². The van der Waals surface area contributed by atoms with Crippen LogP contribution in [0.2, 0.25) is 0 Å². The van der Waals surface area contributed by atoms with Gasteiger partial charge in [-0.05, 0) is 43.5 Å². The van der Waals surface area contributed by atoms with Gasteiger partial charge in [-0.2, -0.15) is 0 Å². The first-order chi connectivity index (χ1) is 11.7. The molecule has 0 saturated carbocycles. The number of pyridine rings is 1. The second kappa shape index (κ2) is 9.96. The normalized spacial score (nSPS) is 14.3. The van der Waals surface area contributed by atoms with Crippen LogP contribution in [0, 0.1) is 6.92 Å². The molecule has 136 valence electrons. The lowest BCUT2D eigenvalue weighted by Gasteiger charge is -2.16. The van der Waals surface area contributed by atoms with Crippen LogP contribution in [0.25, 0.3) is 0 Å². The van der Waals surface area contributed by atoms with E-state index in [9.17, 15) is 0 Å². The molecule has 0 spiro atoms. The second-order valence-electron chi connectivity index (χ2n) is 6.01. The molecule has 0 bridgehead atoms. The number of aliphatic imine (C=N–C) groups is 1. The summed E-state index contributed by atoms with van der Waals surface area (Å²) >= 11 is 1.81. The highest BCUT2D eigenvalue weighted by Crippen LogP contribution is 2.17. The van der Waals surface area contributed by atoms with Crippen LogP contribution < -0.4 is 15.5 Å². The molecular weight excluding hydrogens is 445 g/mol. The number of halogens is 1. The van der Waals surface area contributed by atoms with Gasteiger partial charge < -0.3 is 15.5 Å². The first-order valence-corrected chi connectivity index (χ1v) is 9.26. The number of nitrogens with zero attached hydrogens (tertiary/aromatic N) is 3. The molecule has 3 heterocycles. The van der Waals surface area contributed by atoms with E-state index in [4.69, 9.17) is 0 Å². The maximum absolute atomic E-state index is 4.59. The molecule has 0 atom stereocenters. The van der Waals surface area contributed by atoms with Crippen molar-refractivity contribution in [1.29, 1.82) is 0 Å². The highest BCUT2D eigenvalue weighted by atomic mass is 127. The number of anilines is 1. The molecule has 3 rings (SSSR count). The van der Waals surface area contributed by atoms with E-state index in [1.165, 1.54) is 22.6 Å². The fourth-order valence-corrected chi connectivity index (χ4v) is 3.64. The van der Waals surface area contributed by atoms with Crippen molar-refractivity contribution < 1.29 is 0 Å². The molecule has 0 aliphatic carbocycles. The van der Waals surface area contributed by atoms with Crippen LogP contribution in [0.5, 0.6) is 0 Å². The zero-order valence-corrected chi connectivity index (χ0v) is 17.9. The molecule has 1 fully saturated rings. The molecule has 2 aromatic rings. The summed E-state index contributed by atoms with van der Waals surface area (Å²) in [7, 11) is 1.80. The van der Waals surface area contributed by atoms with Gasteiger partial charge in [-0.1, -0.05) is 6.07 Å². The Morgan fingerprint density at radius 3 is 2.52 bits per heavy atom. The Kier molecular flexibility index (Phi) is 7.95. The molecule has 0 radical (unpaired) electrons. The monoisotopic (exact) mass is 471 g/mol. The lowest BCUT2D eigenvalue weighted by molar-refractivity contribution is 0.811. The quantitative estimate of drug-likeness (QED) is 0.398. The van der Waals surface area contributed by atoms with Crippen molar-refractivity contribution in [3.8, 4) is 0 Å². The molecule has 1 aliphatic heterocycles. The fraction of sp³-hybridized carbons (Fsp3) is 0.444. The molecule has 1 aliphatic rings. The zero-order valence-electron chi connectivity index (χ0n) is 14.8. The third-order valence-electron chi connectivity index (χ3n) is 4.15. The third kappa shape index (κ3) is 5.85. The largest absolute Gasteiger partial charge is 0.357 e. The van der Waals surface area contributed by atoms with E-state index < -0.39 is 0 Å². The maximum atomic E-state index is 4.59. The number of aromatic nitrogens is 1. The van der Waals surface area contributed by atoms with Gasteiger partial charge in [-0.15, -0.1) is 35.3 Å². The van der Waals surface area contributed by atoms with Crippen LogP contribution in [-0.2, 0) is 13.1 Å². The van der Waals surface area contributed by atoms with Gasteiger partial charge in [0.2, 0.25) is 0 Å². The second-order valence-corrected chi connectivity index (χ2v) is 7.38. The summed E-state index contributed by atoms with van der Waals surface area (Å²) in [6.45, 7) is 5.90. The highest BCUT2D eigenvalue weighted by Gasteiger charge is 2.12. The number of aryl methyl sites for hydroxylation is 1. The van der Waals surface area contributed by atoms with E-state index in [0.717, 1.165) is 43.5 Å². The van der Waals surface area contributed by atoms with E-state index in [0.29, 0.717) is 0 Å². The molecule has 0 amide bonds. The van der Waals surface area contributed by atoms with Crippen molar-refractivity contribution in [2.75, 3.05) is 25.0 Å². The van der Waals surface area contributed by atoms with E-state index in [1.807, 2.05) is 17.5 Å². The number of nitrogens with one attached hydrogen (secondary N) is 2. The predicted octanol–water partition coefficient (Wildman–Crippen LogP) is 3.53. The minimum Gasteiger partial charge on any atom is -0.357 e. The fourth-order valence-electron chi connectivity index (χ4n) is 2.81. The van der Waals surface area contributed by atoms with Crippen molar-refractivity contribution in [3.63, 3.8) is 0 Å². The average molecular weight is 471 g/mol. The van der Waals surface area contributed by atoms with E-state index >= 15 is 0 Å². The van der Waals surface area contributed by atoms with Gasteiger partial charge >= 0.3 is 0 Å².